The molecule has 0 unspecified atom stereocenters. The van der Waals surface area contributed by atoms with Gasteiger partial charge in [-0.25, -0.2) is 0 Å². The molecule has 0 aliphatic carbocycles. The Balaban J connectivity index is 1.82. The third-order valence-electron chi connectivity index (χ3n) is 5.18. The minimum Gasteiger partial charge on any atom is -0.450 e. The van der Waals surface area contributed by atoms with Gasteiger partial charge in [0.15, 0.2) is 5.76 Å². The van der Waals surface area contributed by atoms with Crippen LogP contribution in [0.2, 0.25) is 0 Å². The molecule has 1 aromatic heterocycles. The van der Waals surface area contributed by atoms with Crippen LogP contribution in [0.3, 0.4) is 0 Å². The van der Waals surface area contributed by atoms with E-state index in [1.807, 2.05) is 19.9 Å². The van der Waals surface area contributed by atoms with Crippen LogP contribution in [0, 0.1) is 26.2 Å². The number of hydrogen-bond donors (Lipinski definition) is 2. The molecule has 23 heavy (non-hydrogen) atoms. The van der Waals surface area contributed by atoms with Crippen molar-refractivity contribution in [3.05, 3.63) is 34.6 Å². The van der Waals surface area contributed by atoms with Gasteiger partial charge in [-0.05, 0) is 63.2 Å². The Morgan fingerprint density at radius 2 is 1.87 bits per heavy atom. The SMILES string of the molecule is Cc1ccc(C)c2c(C)c(C(=O)NCC3(C)CCNCC3)oc12. The van der Waals surface area contributed by atoms with Gasteiger partial charge in [-0.3, -0.25) is 4.79 Å². The zero-order valence-electron chi connectivity index (χ0n) is 14.5. The van der Waals surface area contributed by atoms with Gasteiger partial charge in [0.05, 0.1) is 0 Å². The molecule has 1 fully saturated rings. The molecule has 0 bridgehead atoms. The van der Waals surface area contributed by atoms with Crippen molar-refractivity contribution >= 4 is 16.9 Å². The summed E-state index contributed by atoms with van der Waals surface area (Å²) in [5.41, 5.74) is 4.16. The molecule has 2 N–H and O–H groups in total. The van der Waals surface area contributed by atoms with Crippen molar-refractivity contribution in [1.82, 2.24) is 10.6 Å². The number of hydrogen-bond acceptors (Lipinski definition) is 3. The normalized spacial score (nSPS) is 17.4. The molecule has 0 atom stereocenters. The number of carbonyl (C=O) groups is 1. The summed E-state index contributed by atoms with van der Waals surface area (Å²) in [6.07, 6.45) is 2.18. The summed E-state index contributed by atoms with van der Waals surface area (Å²) in [4.78, 5) is 12.6. The zero-order valence-corrected chi connectivity index (χ0v) is 14.5. The quantitative estimate of drug-likeness (QED) is 0.912. The second kappa shape index (κ2) is 6.00. The van der Waals surface area contributed by atoms with E-state index in [0.717, 1.165) is 53.6 Å². The number of amides is 1. The molecule has 1 aliphatic heterocycles. The molecule has 0 saturated carbocycles. The number of furan rings is 1. The lowest BCUT2D eigenvalue weighted by Crippen LogP contribution is -2.42. The molecule has 1 aromatic carbocycles. The van der Waals surface area contributed by atoms with Crippen LogP contribution >= 0.6 is 0 Å². The van der Waals surface area contributed by atoms with Crippen molar-refractivity contribution in [3.63, 3.8) is 0 Å². The summed E-state index contributed by atoms with van der Waals surface area (Å²) in [6.45, 7) is 11.0. The molecule has 2 aromatic rings. The van der Waals surface area contributed by atoms with Gasteiger partial charge in [-0.1, -0.05) is 19.1 Å². The predicted molar refractivity (Wildman–Crippen MR) is 93.0 cm³/mol. The van der Waals surface area contributed by atoms with Crippen LogP contribution in [0.4, 0.5) is 0 Å². The first kappa shape index (κ1) is 16.1. The fourth-order valence-corrected chi connectivity index (χ4v) is 3.47. The maximum Gasteiger partial charge on any atom is 0.287 e. The van der Waals surface area contributed by atoms with Crippen LogP contribution in [0.5, 0.6) is 0 Å². The van der Waals surface area contributed by atoms with Crippen LogP contribution < -0.4 is 10.6 Å². The molecule has 2 heterocycles. The summed E-state index contributed by atoms with van der Waals surface area (Å²) in [6, 6.07) is 4.12. The lowest BCUT2D eigenvalue weighted by molar-refractivity contribution is 0.0896. The number of rotatable bonds is 3. The van der Waals surface area contributed by atoms with E-state index >= 15 is 0 Å². The summed E-state index contributed by atoms with van der Waals surface area (Å²) in [5, 5.41) is 7.53. The van der Waals surface area contributed by atoms with E-state index in [1.54, 1.807) is 0 Å². The number of fused-ring (bicyclic) bond motifs is 1. The van der Waals surface area contributed by atoms with E-state index in [-0.39, 0.29) is 11.3 Å². The number of benzene rings is 1. The number of aryl methyl sites for hydroxylation is 3. The topological polar surface area (TPSA) is 54.3 Å². The smallest absolute Gasteiger partial charge is 0.287 e. The van der Waals surface area contributed by atoms with Gasteiger partial charge in [-0.2, -0.15) is 0 Å². The zero-order chi connectivity index (χ0) is 16.6. The molecule has 1 saturated heterocycles. The Bertz CT molecular complexity index is 739. The minimum atomic E-state index is -0.0998. The second-order valence-electron chi connectivity index (χ2n) is 7.20. The number of carbonyl (C=O) groups excluding carboxylic acids is 1. The predicted octanol–water partition coefficient (Wildman–Crippen LogP) is 3.48. The summed E-state index contributed by atoms with van der Waals surface area (Å²) < 4.78 is 5.92. The van der Waals surface area contributed by atoms with Gasteiger partial charge >= 0.3 is 0 Å². The van der Waals surface area contributed by atoms with E-state index in [4.69, 9.17) is 4.42 Å². The molecular weight excluding hydrogens is 288 g/mol. The molecule has 124 valence electrons. The van der Waals surface area contributed by atoms with Crippen LogP contribution in [-0.2, 0) is 0 Å². The van der Waals surface area contributed by atoms with Crippen LogP contribution in [-0.4, -0.2) is 25.5 Å². The van der Waals surface area contributed by atoms with Crippen LogP contribution in [0.15, 0.2) is 16.5 Å². The molecular formula is C19H26N2O2. The average Bonchev–Trinajstić information content (AvgIpc) is 2.88. The third-order valence-corrected chi connectivity index (χ3v) is 5.18. The first-order chi connectivity index (χ1) is 10.9. The highest BCUT2D eigenvalue weighted by Gasteiger charge is 2.28. The van der Waals surface area contributed by atoms with Gasteiger partial charge in [0.1, 0.15) is 5.58 Å². The van der Waals surface area contributed by atoms with Gasteiger partial charge < -0.3 is 15.1 Å². The maximum atomic E-state index is 12.6. The highest BCUT2D eigenvalue weighted by Crippen LogP contribution is 2.31. The fourth-order valence-electron chi connectivity index (χ4n) is 3.47. The van der Waals surface area contributed by atoms with Gasteiger partial charge in [0.25, 0.3) is 5.91 Å². The van der Waals surface area contributed by atoms with Crippen molar-refractivity contribution in [2.24, 2.45) is 5.41 Å². The van der Waals surface area contributed by atoms with Gasteiger partial charge in [0, 0.05) is 17.5 Å². The van der Waals surface area contributed by atoms with E-state index in [2.05, 4.69) is 30.5 Å². The van der Waals surface area contributed by atoms with Crippen molar-refractivity contribution in [3.8, 4) is 0 Å². The van der Waals surface area contributed by atoms with E-state index in [1.165, 1.54) is 0 Å². The maximum absolute atomic E-state index is 12.6. The summed E-state index contributed by atoms with van der Waals surface area (Å²) >= 11 is 0. The van der Waals surface area contributed by atoms with Crippen LogP contribution in [0.1, 0.15) is 47.0 Å². The lowest BCUT2D eigenvalue weighted by atomic mass is 9.81. The highest BCUT2D eigenvalue weighted by atomic mass is 16.3. The Labute approximate surface area is 137 Å². The molecule has 0 spiro atoms. The molecule has 3 rings (SSSR count). The van der Waals surface area contributed by atoms with Crippen molar-refractivity contribution in [2.45, 2.75) is 40.5 Å². The van der Waals surface area contributed by atoms with E-state index in [9.17, 15) is 4.79 Å². The van der Waals surface area contributed by atoms with Crippen molar-refractivity contribution in [1.29, 1.82) is 0 Å². The van der Waals surface area contributed by atoms with Crippen LogP contribution in [0.25, 0.3) is 11.0 Å². The Morgan fingerprint density at radius 1 is 1.22 bits per heavy atom. The highest BCUT2D eigenvalue weighted by molar-refractivity contribution is 6.00. The number of nitrogens with one attached hydrogen (secondary N) is 2. The monoisotopic (exact) mass is 314 g/mol. The molecule has 4 nitrogen and oxygen atoms in total. The lowest BCUT2D eigenvalue weighted by Gasteiger charge is -2.34. The molecule has 1 amide bonds. The minimum absolute atomic E-state index is 0.0998. The fraction of sp³-hybridized carbons (Fsp3) is 0.526. The first-order valence-electron chi connectivity index (χ1n) is 8.39. The number of piperidine rings is 1. The average molecular weight is 314 g/mol. The summed E-state index contributed by atoms with van der Waals surface area (Å²) in [5.74, 6) is 0.354. The van der Waals surface area contributed by atoms with Crippen molar-refractivity contribution < 1.29 is 9.21 Å². The second-order valence-corrected chi connectivity index (χ2v) is 7.20. The summed E-state index contributed by atoms with van der Waals surface area (Å²) in [7, 11) is 0. The first-order valence-corrected chi connectivity index (χ1v) is 8.39. The Morgan fingerprint density at radius 3 is 2.52 bits per heavy atom. The van der Waals surface area contributed by atoms with Gasteiger partial charge in [-0.15, -0.1) is 0 Å². The van der Waals surface area contributed by atoms with E-state index in [0.29, 0.717) is 12.3 Å². The van der Waals surface area contributed by atoms with Gasteiger partial charge in [0.2, 0.25) is 0 Å². The molecule has 1 aliphatic rings. The Kier molecular flexibility index (Phi) is 4.19. The third kappa shape index (κ3) is 3.00. The molecule has 4 heteroatoms. The standard InChI is InChI=1S/C19H26N2O2/c1-12-5-6-13(2)16-15(12)14(3)17(23-16)18(22)21-11-19(4)7-9-20-10-8-19/h5-6,20H,7-11H2,1-4H3,(H,21,22). The van der Waals surface area contributed by atoms with E-state index < -0.39 is 0 Å². The Hall–Kier alpha value is -1.81. The molecule has 0 radical (unpaired) electrons. The largest absolute Gasteiger partial charge is 0.450 e. The van der Waals surface area contributed by atoms with Crippen molar-refractivity contribution in [2.75, 3.05) is 19.6 Å².